The van der Waals surface area contributed by atoms with Crippen LogP contribution in [0.5, 0.6) is 0 Å². The highest BCUT2D eigenvalue weighted by Gasteiger charge is 2.59. The molecule has 0 aliphatic heterocycles. The number of allylic oxidation sites excluding steroid dienone is 4. The number of rotatable bonds is 5. The van der Waals surface area contributed by atoms with Gasteiger partial charge in [0, 0.05) is 0 Å². The quantitative estimate of drug-likeness (QED) is 0.387. The van der Waals surface area contributed by atoms with Gasteiger partial charge in [-0.2, -0.15) is 0 Å². The van der Waals surface area contributed by atoms with Crippen LogP contribution in [0.4, 0.5) is 0 Å². The zero-order chi connectivity index (χ0) is 25.8. The second-order valence-corrected chi connectivity index (χ2v) is 15.4. The summed E-state index contributed by atoms with van der Waals surface area (Å²) in [5, 5.41) is 10.2. The van der Waals surface area contributed by atoms with Crippen molar-refractivity contribution in [3.05, 3.63) is 23.3 Å². The molecule has 2 saturated carbocycles. The third kappa shape index (κ3) is 4.98. The largest absolute Gasteiger partial charge is 0.390 e. The molecule has 2 bridgehead atoms. The molecule has 4 aliphatic carbocycles. The molecule has 0 aromatic rings. The second kappa shape index (κ2) is 9.63. The molecule has 2 fully saturated rings. The van der Waals surface area contributed by atoms with Crippen molar-refractivity contribution < 1.29 is 5.11 Å². The van der Waals surface area contributed by atoms with E-state index in [9.17, 15) is 5.11 Å². The van der Waals surface area contributed by atoms with Gasteiger partial charge >= 0.3 is 0 Å². The molecule has 35 heavy (non-hydrogen) atoms. The van der Waals surface area contributed by atoms with Gasteiger partial charge in [0.1, 0.15) is 0 Å². The minimum absolute atomic E-state index is 0.352. The van der Waals surface area contributed by atoms with Crippen LogP contribution in [0.2, 0.25) is 0 Å². The topological polar surface area (TPSA) is 20.2 Å². The van der Waals surface area contributed by atoms with Gasteiger partial charge in [-0.3, -0.25) is 0 Å². The van der Waals surface area contributed by atoms with Crippen LogP contribution < -0.4 is 0 Å². The van der Waals surface area contributed by atoms with Crippen LogP contribution in [0.15, 0.2) is 23.3 Å². The molecule has 8 atom stereocenters. The maximum absolute atomic E-state index is 10.2. The van der Waals surface area contributed by atoms with Crippen LogP contribution in [-0.4, -0.2) is 10.7 Å². The highest BCUT2D eigenvalue weighted by Crippen LogP contribution is 2.67. The highest BCUT2D eigenvalue weighted by atomic mass is 16.3. The molecular formula is C34H58O. The van der Waals surface area contributed by atoms with E-state index in [2.05, 4.69) is 60.6 Å². The summed E-state index contributed by atoms with van der Waals surface area (Å²) in [5.74, 6) is 4.55. The first-order valence-corrected chi connectivity index (χ1v) is 15.3. The summed E-state index contributed by atoms with van der Waals surface area (Å²) < 4.78 is 0. The van der Waals surface area contributed by atoms with Gasteiger partial charge in [-0.15, -0.1) is 0 Å². The van der Waals surface area contributed by atoms with Crippen molar-refractivity contribution in [3.63, 3.8) is 0 Å². The Morgan fingerprint density at radius 2 is 1.74 bits per heavy atom. The van der Waals surface area contributed by atoms with Gasteiger partial charge in [-0.1, -0.05) is 84.6 Å². The molecule has 1 heteroatoms. The molecule has 4 unspecified atom stereocenters. The van der Waals surface area contributed by atoms with Gasteiger partial charge < -0.3 is 5.11 Å². The molecule has 4 rings (SSSR count). The minimum Gasteiger partial charge on any atom is -0.390 e. The van der Waals surface area contributed by atoms with E-state index in [1.807, 2.05) is 19.4 Å². The zero-order valence-electron chi connectivity index (χ0n) is 24.8. The Balaban J connectivity index is 1.63. The lowest BCUT2D eigenvalue weighted by Gasteiger charge is -2.50. The van der Waals surface area contributed by atoms with Crippen molar-refractivity contribution in [2.24, 2.45) is 51.8 Å². The van der Waals surface area contributed by atoms with E-state index in [0.29, 0.717) is 28.1 Å². The Morgan fingerprint density at radius 1 is 1.03 bits per heavy atom. The summed E-state index contributed by atoms with van der Waals surface area (Å²) in [5.41, 5.74) is 4.22. The predicted octanol–water partition coefficient (Wildman–Crippen LogP) is 9.75. The average Bonchev–Trinajstić information content (AvgIpc) is 3.02. The number of hydrogen-bond acceptors (Lipinski definition) is 1. The predicted molar refractivity (Wildman–Crippen MR) is 151 cm³/mol. The number of aliphatic hydroxyl groups is 1. The lowest BCUT2D eigenvalue weighted by atomic mass is 9.54. The van der Waals surface area contributed by atoms with E-state index in [4.69, 9.17) is 0 Å². The van der Waals surface area contributed by atoms with Crippen molar-refractivity contribution in [1.29, 1.82) is 0 Å². The van der Waals surface area contributed by atoms with Crippen molar-refractivity contribution in [1.82, 2.24) is 0 Å². The summed E-state index contributed by atoms with van der Waals surface area (Å²) in [6.07, 6.45) is 19.8. The van der Waals surface area contributed by atoms with E-state index >= 15 is 0 Å². The third-order valence-corrected chi connectivity index (χ3v) is 12.6. The van der Waals surface area contributed by atoms with Crippen LogP contribution in [0.1, 0.15) is 133 Å². The summed E-state index contributed by atoms with van der Waals surface area (Å²) in [6, 6.07) is 0. The molecule has 0 spiro atoms. The van der Waals surface area contributed by atoms with Crippen molar-refractivity contribution in [2.75, 3.05) is 0 Å². The maximum atomic E-state index is 10.2. The van der Waals surface area contributed by atoms with E-state index in [-0.39, 0.29) is 0 Å². The molecule has 0 radical (unpaired) electrons. The number of fused-ring (bicyclic) bond motifs is 4. The van der Waals surface area contributed by atoms with Crippen molar-refractivity contribution >= 4 is 0 Å². The highest BCUT2D eigenvalue weighted by molar-refractivity contribution is 5.27. The second-order valence-electron chi connectivity index (χ2n) is 15.4. The van der Waals surface area contributed by atoms with Crippen LogP contribution in [0.25, 0.3) is 0 Å². The van der Waals surface area contributed by atoms with Crippen LogP contribution in [0, 0.1) is 51.8 Å². The molecule has 1 nitrogen and oxygen atoms in total. The van der Waals surface area contributed by atoms with Gasteiger partial charge in [0.25, 0.3) is 0 Å². The van der Waals surface area contributed by atoms with Gasteiger partial charge in [-0.25, -0.2) is 0 Å². The van der Waals surface area contributed by atoms with Gasteiger partial charge in [0.05, 0.1) is 5.60 Å². The summed E-state index contributed by atoms with van der Waals surface area (Å²) in [7, 11) is 0. The summed E-state index contributed by atoms with van der Waals surface area (Å²) in [4.78, 5) is 0. The molecule has 0 saturated heterocycles. The normalized spacial score (nSPS) is 43.9. The Bertz CT molecular complexity index is 824. The van der Waals surface area contributed by atoms with Crippen molar-refractivity contribution in [2.45, 2.75) is 139 Å². The van der Waals surface area contributed by atoms with Crippen LogP contribution in [0.3, 0.4) is 0 Å². The molecule has 4 aliphatic rings. The Morgan fingerprint density at radius 3 is 2.43 bits per heavy atom. The summed E-state index contributed by atoms with van der Waals surface area (Å²) >= 11 is 0. The first kappa shape index (κ1) is 27.5. The Kier molecular flexibility index (Phi) is 7.56. The van der Waals surface area contributed by atoms with Crippen molar-refractivity contribution in [3.8, 4) is 0 Å². The molecule has 0 aromatic carbocycles. The standard InChI is InChI=1S/C34H58O/c1-23(11-10-19-31(4,5)35)29-18-20-33(8)28-16-17-30-26(13-12-25(3)32(30,6)7)14-15-27(21-28)24(2)22-34(29,33)9/h17,21,23-26,28-29,35H,10-16,18-20,22H2,1-9H3/b30-17+/t23-,24+,25+,26?,28?,29?,33+,34?/m1/s1. The molecule has 200 valence electrons. The van der Waals surface area contributed by atoms with Crippen LogP contribution in [-0.2, 0) is 0 Å². The zero-order valence-corrected chi connectivity index (χ0v) is 24.8. The lowest BCUT2D eigenvalue weighted by molar-refractivity contribution is -0.00437. The van der Waals surface area contributed by atoms with E-state index in [1.54, 1.807) is 5.57 Å². The fourth-order valence-electron chi connectivity index (χ4n) is 9.58. The average molecular weight is 483 g/mol. The third-order valence-electron chi connectivity index (χ3n) is 12.6. The maximum Gasteiger partial charge on any atom is 0.0591 e. The fraction of sp³-hybridized carbons (Fsp3) is 0.882. The molecule has 0 heterocycles. The van der Waals surface area contributed by atoms with Gasteiger partial charge in [0.2, 0.25) is 0 Å². The van der Waals surface area contributed by atoms with Gasteiger partial charge in [-0.05, 0) is 123 Å². The number of hydrogen-bond donors (Lipinski definition) is 1. The first-order chi connectivity index (χ1) is 16.2. The SMILES string of the molecule is C[C@H](CCCC(C)(C)O)C1CC[C@@]2(C)C3C=C(CCC4CC[C@H](C)C(C)(C)/C4=C/C3)[C@@H](C)CC12C. The van der Waals surface area contributed by atoms with E-state index in [0.717, 1.165) is 36.5 Å². The van der Waals surface area contributed by atoms with E-state index in [1.165, 1.54) is 57.8 Å². The fourth-order valence-corrected chi connectivity index (χ4v) is 9.58. The van der Waals surface area contributed by atoms with E-state index < -0.39 is 5.60 Å². The lowest BCUT2D eigenvalue weighted by Crippen LogP contribution is -2.43. The monoisotopic (exact) mass is 482 g/mol. The van der Waals surface area contributed by atoms with Gasteiger partial charge in [0.15, 0.2) is 0 Å². The minimum atomic E-state index is -0.530. The Labute approximate surface area is 218 Å². The molecule has 0 amide bonds. The Hall–Kier alpha value is -0.560. The molecule has 1 N–H and O–H groups in total. The molecule has 0 aromatic heterocycles. The first-order valence-electron chi connectivity index (χ1n) is 15.3. The smallest absolute Gasteiger partial charge is 0.0591 e. The molecular weight excluding hydrogens is 424 g/mol. The van der Waals surface area contributed by atoms with Crippen LogP contribution >= 0.6 is 0 Å². The summed E-state index contributed by atoms with van der Waals surface area (Å²) in [6.45, 7) is 22.0.